The Morgan fingerprint density at radius 2 is 1.67 bits per heavy atom. The number of thiophene rings is 1. The van der Waals surface area contributed by atoms with Crippen LogP contribution in [0.15, 0.2) is 57.8 Å². The Morgan fingerprint density at radius 3 is 2.23 bits per heavy atom. The average molecular weight is 578 g/mol. The molecule has 2 aliphatic rings. The maximum atomic E-state index is 13.4. The molecule has 0 amide bonds. The van der Waals surface area contributed by atoms with Crippen molar-refractivity contribution in [2.24, 2.45) is 0 Å². The van der Waals surface area contributed by atoms with Crippen LogP contribution in [-0.4, -0.2) is 53.4 Å². The molecule has 3 aromatic heterocycles. The van der Waals surface area contributed by atoms with Crippen LogP contribution in [0.3, 0.4) is 0 Å². The highest BCUT2D eigenvalue weighted by atomic mass is 35.5. The SMILES string of the molecule is CCOC(=O)CCCc1ccc(C[N+]2(C)[C@@H]3CC[C@H]2C[C@H](OC(=O)C(O)(c2ccco2)c2ccco2)C3)s1.[Cl-]. The van der Waals surface area contributed by atoms with Gasteiger partial charge >= 0.3 is 11.9 Å². The second kappa shape index (κ2) is 12.3. The number of rotatable bonds is 11. The molecule has 2 aliphatic heterocycles. The molecular formula is C29H36ClNO7S. The van der Waals surface area contributed by atoms with Crippen LogP contribution in [0.4, 0.5) is 0 Å². The van der Waals surface area contributed by atoms with Crippen LogP contribution in [-0.2, 0) is 37.6 Å². The van der Waals surface area contributed by atoms with Gasteiger partial charge in [0.2, 0.25) is 0 Å². The van der Waals surface area contributed by atoms with E-state index in [1.165, 1.54) is 22.3 Å². The summed E-state index contributed by atoms with van der Waals surface area (Å²) in [6.45, 7) is 3.20. The first-order valence-electron chi connectivity index (χ1n) is 13.4. The van der Waals surface area contributed by atoms with Gasteiger partial charge in [-0.3, -0.25) is 4.79 Å². The molecule has 0 radical (unpaired) electrons. The Bertz CT molecular complexity index is 1170. The molecule has 2 bridgehead atoms. The number of piperidine rings is 1. The van der Waals surface area contributed by atoms with Gasteiger partial charge in [0.25, 0.3) is 5.60 Å². The Morgan fingerprint density at radius 1 is 1.05 bits per heavy atom. The first kappa shape index (κ1) is 29.4. The molecule has 1 N–H and O–H groups in total. The van der Waals surface area contributed by atoms with Crippen LogP contribution in [0.25, 0.3) is 0 Å². The van der Waals surface area contributed by atoms with Crippen molar-refractivity contribution < 1.29 is 49.9 Å². The first-order valence-corrected chi connectivity index (χ1v) is 14.2. The summed E-state index contributed by atoms with van der Waals surface area (Å²) in [5, 5.41) is 11.4. The molecule has 4 atom stereocenters. The number of halogens is 1. The molecule has 0 spiro atoms. The van der Waals surface area contributed by atoms with E-state index in [-0.39, 0.29) is 36.0 Å². The molecular weight excluding hydrogens is 542 g/mol. The summed E-state index contributed by atoms with van der Waals surface area (Å²) in [6, 6.07) is 11.5. The molecule has 5 rings (SSSR count). The quantitative estimate of drug-likeness (QED) is 0.275. The lowest BCUT2D eigenvalue weighted by Gasteiger charge is -2.46. The molecule has 1 unspecified atom stereocenters. The minimum atomic E-state index is -2.12. The van der Waals surface area contributed by atoms with Crippen molar-refractivity contribution in [2.75, 3.05) is 13.7 Å². The number of furan rings is 2. The molecule has 0 aliphatic carbocycles. The fraction of sp³-hybridized carbons (Fsp3) is 0.517. The molecule has 5 heterocycles. The summed E-state index contributed by atoms with van der Waals surface area (Å²) in [5.41, 5.74) is -2.12. The minimum Gasteiger partial charge on any atom is -1.00 e. The molecule has 2 fully saturated rings. The van der Waals surface area contributed by atoms with Gasteiger partial charge in [-0.2, -0.15) is 0 Å². The van der Waals surface area contributed by atoms with Gasteiger partial charge in [-0.15, -0.1) is 11.3 Å². The lowest BCUT2D eigenvalue weighted by Crippen LogP contribution is -3.00. The number of carbonyl (C=O) groups is 2. The van der Waals surface area contributed by atoms with Crippen LogP contribution < -0.4 is 12.4 Å². The number of fused-ring (bicyclic) bond motifs is 2. The van der Waals surface area contributed by atoms with Gasteiger partial charge in [-0.1, -0.05) is 0 Å². The van der Waals surface area contributed by atoms with E-state index in [4.69, 9.17) is 18.3 Å². The van der Waals surface area contributed by atoms with Gasteiger partial charge in [-0.25, -0.2) is 4.79 Å². The van der Waals surface area contributed by atoms with E-state index in [2.05, 4.69) is 19.2 Å². The lowest BCUT2D eigenvalue weighted by atomic mass is 9.94. The van der Waals surface area contributed by atoms with Crippen LogP contribution in [0.1, 0.15) is 66.7 Å². The Labute approximate surface area is 238 Å². The number of esters is 2. The number of quaternary nitrogens is 1. The summed E-state index contributed by atoms with van der Waals surface area (Å²) in [5.74, 6) is -0.747. The summed E-state index contributed by atoms with van der Waals surface area (Å²) >= 11 is 1.83. The summed E-state index contributed by atoms with van der Waals surface area (Å²) < 4.78 is 22.7. The zero-order valence-corrected chi connectivity index (χ0v) is 23.9. The van der Waals surface area contributed by atoms with E-state index in [9.17, 15) is 14.7 Å². The molecule has 39 heavy (non-hydrogen) atoms. The van der Waals surface area contributed by atoms with E-state index >= 15 is 0 Å². The predicted octanol–water partition coefficient (Wildman–Crippen LogP) is 1.94. The van der Waals surface area contributed by atoms with Crippen LogP contribution in [0.2, 0.25) is 0 Å². The van der Waals surface area contributed by atoms with Gasteiger partial charge in [0.1, 0.15) is 12.6 Å². The third-order valence-corrected chi connectivity index (χ3v) is 9.35. The van der Waals surface area contributed by atoms with Crippen molar-refractivity contribution in [3.8, 4) is 0 Å². The monoisotopic (exact) mass is 577 g/mol. The van der Waals surface area contributed by atoms with Crippen molar-refractivity contribution in [1.82, 2.24) is 0 Å². The van der Waals surface area contributed by atoms with Crippen molar-refractivity contribution in [3.63, 3.8) is 0 Å². The second-order valence-electron chi connectivity index (χ2n) is 10.6. The average Bonchev–Trinajstić information content (AvgIpc) is 3.69. The van der Waals surface area contributed by atoms with Crippen LogP contribution in [0, 0.1) is 0 Å². The second-order valence-corrected chi connectivity index (χ2v) is 11.8. The van der Waals surface area contributed by atoms with E-state index in [0.29, 0.717) is 25.1 Å². The molecule has 8 nitrogen and oxygen atoms in total. The number of hydrogen-bond donors (Lipinski definition) is 1. The van der Waals surface area contributed by atoms with Crippen molar-refractivity contribution >= 4 is 23.3 Å². The third-order valence-electron chi connectivity index (χ3n) is 8.22. The van der Waals surface area contributed by atoms with Crippen molar-refractivity contribution in [1.29, 1.82) is 0 Å². The number of carbonyl (C=O) groups excluding carboxylic acids is 2. The predicted molar refractivity (Wildman–Crippen MR) is 140 cm³/mol. The maximum Gasteiger partial charge on any atom is 0.354 e. The van der Waals surface area contributed by atoms with Crippen LogP contribution >= 0.6 is 11.3 Å². The Balaban J connectivity index is 0.00000353. The van der Waals surface area contributed by atoms with Gasteiger partial charge in [0.05, 0.1) is 43.1 Å². The molecule has 10 heteroatoms. The summed E-state index contributed by atoms with van der Waals surface area (Å²) in [6.07, 6.45) is 8.37. The zero-order chi connectivity index (χ0) is 26.8. The summed E-state index contributed by atoms with van der Waals surface area (Å²) in [7, 11) is 2.32. The molecule has 0 aromatic carbocycles. The largest absolute Gasteiger partial charge is 1.00 e. The Kier molecular flexibility index (Phi) is 9.26. The van der Waals surface area contributed by atoms with Gasteiger partial charge in [0.15, 0.2) is 11.5 Å². The maximum absolute atomic E-state index is 13.4. The van der Waals surface area contributed by atoms with E-state index in [1.54, 1.807) is 24.3 Å². The molecule has 2 saturated heterocycles. The Hall–Kier alpha value is -2.59. The highest BCUT2D eigenvalue weighted by molar-refractivity contribution is 7.11. The highest BCUT2D eigenvalue weighted by Gasteiger charge is 2.54. The minimum absolute atomic E-state index is 0. The van der Waals surface area contributed by atoms with Crippen LogP contribution in [0.5, 0.6) is 0 Å². The molecule has 0 saturated carbocycles. The van der Waals surface area contributed by atoms with E-state index < -0.39 is 11.6 Å². The normalized spacial score (nSPS) is 24.2. The molecule has 212 valence electrons. The standard InChI is InChI=1S/C29H36NO7S.ClH/c1-3-34-27(31)10-4-7-23-13-14-24(38-23)19-30(2)20-11-12-21(30)18-22(17-20)37-28(32)29(33,25-8-5-15-35-25)26-9-6-16-36-26;/h5-6,8-9,13-16,20-22,33H,3-4,7,10-12,17-19H2,1-2H3;1H/q+1;/p-1/t20-,21+,22-,30?;. The van der Waals surface area contributed by atoms with Crippen molar-refractivity contribution in [2.45, 2.75) is 82.2 Å². The number of aliphatic hydroxyl groups is 1. The number of hydrogen-bond acceptors (Lipinski definition) is 8. The van der Waals surface area contributed by atoms with E-state index in [1.807, 2.05) is 18.3 Å². The number of aryl methyl sites for hydroxylation is 1. The molecule has 3 aromatic rings. The third kappa shape index (κ3) is 5.96. The van der Waals surface area contributed by atoms with Gasteiger partial charge in [0, 0.05) is 37.0 Å². The zero-order valence-electron chi connectivity index (χ0n) is 22.3. The lowest BCUT2D eigenvalue weighted by molar-refractivity contribution is -0.961. The number of nitrogens with zero attached hydrogens (tertiary/aromatic N) is 1. The fourth-order valence-corrected chi connectivity index (χ4v) is 7.39. The topological polar surface area (TPSA) is 99.1 Å². The first-order chi connectivity index (χ1) is 18.3. The van der Waals surface area contributed by atoms with E-state index in [0.717, 1.165) is 49.6 Å². The fourth-order valence-electron chi connectivity index (χ4n) is 6.19. The van der Waals surface area contributed by atoms with Gasteiger partial charge in [-0.05, 0) is 56.2 Å². The van der Waals surface area contributed by atoms with Gasteiger partial charge < -0.3 is 40.3 Å². The number of ether oxygens (including phenoxy) is 2. The smallest absolute Gasteiger partial charge is 0.354 e. The summed E-state index contributed by atoms with van der Waals surface area (Å²) in [4.78, 5) is 27.6. The highest BCUT2D eigenvalue weighted by Crippen LogP contribution is 2.45. The van der Waals surface area contributed by atoms with Crippen molar-refractivity contribution in [3.05, 3.63) is 70.2 Å².